The van der Waals surface area contributed by atoms with Gasteiger partial charge in [0.25, 0.3) is 0 Å². The van der Waals surface area contributed by atoms with Gasteiger partial charge in [0.05, 0.1) is 7.11 Å². The first-order valence-corrected chi connectivity index (χ1v) is 6.73. The zero-order chi connectivity index (χ0) is 13.2. The van der Waals surface area contributed by atoms with Gasteiger partial charge in [-0.05, 0) is 31.2 Å². The number of anilines is 1. The van der Waals surface area contributed by atoms with Crippen LogP contribution < -0.4 is 10.1 Å². The predicted molar refractivity (Wildman–Crippen MR) is 70.1 cm³/mol. The van der Waals surface area contributed by atoms with E-state index in [-0.39, 0.29) is 6.03 Å². The van der Waals surface area contributed by atoms with E-state index < -0.39 is 0 Å². The van der Waals surface area contributed by atoms with E-state index in [0.29, 0.717) is 23.7 Å². The van der Waals surface area contributed by atoms with Crippen molar-refractivity contribution in [3.05, 3.63) is 12.1 Å². The van der Waals surface area contributed by atoms with E-state index in [1.807, 2.05) is 4.90 Å². The van der Waals surface area contributed by atoms with E-state index in [1.54, 1.807) is 12.1 Å². The normalized spacial score (nSPS) is 25.2. The number of carbonyl (C=O) groups excluding carboxylic acids is 1. The number of amides is 2. The van der Waals surface area contributed by atoms with Crippen LogP contribution in [0.1, 0.15) is 25.7 Å². The van der Waals surface area contributed by atoms with Crippen LogP contribution >= 0.6 is 0 Å². The number of hydrogen-bond acceptors (Lipinski definition) is 4. The maximum Gasteiger partial charge on any atom is 0.323 e. The van der Waals surface area contributed by atoms with Crippen molar-refractivity contribution in [1.29, 1.82) is 0 Å². The molecule has 1 N–H and O–H groups in total. The van der Waals surface area contributed by atoms with Crippen molar-refractivity contribution in [3.8, 4) is 5.88 Å². The predicted octanol–water partition coefficient (Wildman–Crippen LogP) is 1.89. The van der Waals surface area contributed by atoms with Gasteiger partial charge in [-0.25, -0.2) is 4.79 Å². The molecule has 2 amide bonds. The van der Waals surface area contributed by atoms with Gasteiger partial charge in [0, 0.05) is 18.7 Å². The standard InChI is InChI=1S/C13H18N4O2/c1-19-12-6-5-11(15-16-12)14-13(18)17-8-7-9-3-2-4-10(9)17/h5-6,9-10H,2-4,7-8H2,1H3,(H,14,15,18). The molecule has 2 unspecified atom stereocenters. The molecule has 6 heteroatoms. The highest BCUT2D eigenvalue weighted by Crippen LogP contribution is 2.37. The molecule has 1 aromatic heterocycles. The molecule has 0 aromatic carbocycles. The third-order valence-electron chi connectivity index (χ3n) is 4.11. The number of hydrogen-bond donors (Lipinski definition) is 1. The molecule has 0 bridgehead atoms. The van der Waals surface area contributed by atoms with Gasteiger partial charge >= 0.3 is 6.03 Å². The van der Waals surface area contributed by atoms with Gasteiger partial charge in [0.2, 0.25) is 5.88 Å². The molecular weight excluding hydrogens is 244 g/mol. The van der Waals surface area contributed by atoms with Crippen molar-refractivity contribution >= 4 is 11.8 Å². The minimum Gasteiger partial charge on any atom is -0.480 e. The van der Waals surface area contributed by atoms with Gasteiger partial charge in [-0.15, -0.1) is 10.2 Å². The van der Waals surface area contributed by atoms with Crippen molar-refractivity contribution in [2.45, 2.75) is 31.7 Å². The summed E-state index contributed by atoms with van der Waals surface area (Å²) in [5, 5.41) is 10.6. The van der Waals surface area contributed by atoms with Crippen LogP contribution in [0.3, 0.4) is 0 Å². The molecule has 0 radical (unpaired) electrons. The number of fused-ring (bicyclic) bond motifs is 1. The molecule has 102 valence electrons. The topological polar surface area (TPSA) is 67.3 Å². The maximum atomic E-state index is 12.2. The summed E-state index contributed by atoms with van der Waals surface area (Å²) in [7, 11) is 1.53. The summed E-state index contributed by atoms with van der Waals surface area (Å²) in [4.78, 5) is 14.2. The highest BCUT2D eigenvalue weighted by molar-refractivity contribution is 5.88. The molecule has 1 saturated heterocycles. The summed E-state index contributed by atoms with van der Waals surface area (Å²) in [6.07, 6.45) is 4.76. The number of urea groups is 1. The molecular formula is C13H18N4O2. The molecule has 2 aliphatic rings. The molecule has 1 aliphatic heterocycles. The highest BCUT2D eigenvalue weighted by Gasteiger charge is 2.39. The molecule has 3 rings (SSSR count). The summed E-state index contributed by atoms with van der Waals surface area (Å²) in [5.74, 6) is 1.61. The Morgan fingerprint density at radius 2 is 2.26 bits per heavy atom. The lowest BCUT2D eigenvalue weighted by Gasteiger charge is -2.23. The van der Waals surface area contributed by atoms with Crippen molar-refractivity contribution in [1.82, 2.24) is 15.1 Å². The summed E-state index contributed by atoms with van der Waals surface area (Å²) in [5.41, 5.74) is 0. The highest BCUT2D eigenvalue weighted by atomic mass is 16.5. The van der Waals surface area contributed by atoms with Gasteiger partial charge in [-0.1, -0.05) is 6.42 Å². The minimum atomic E-state index is -0.0612. The van der Waals surface area contributed by atoms with Crippen LogP contribution in [0.4, 0.5) is 10.6 Å². The van der Waals surface area contributed by atoms with E-state index in [0.717, 1.165) is 19.4 Å². The van der Waals surface area contributed by atoms with Crippen molar-refractivity contribution < 1.29 is 9.53 Å². The zero-order valence-electron chi connectivity index (χ0n) is 11.0. The van der Waals surface area contributed by atoms with Gasteiger partial charge in [-0.3, -0.25) is 5.32 Å². The van der Waals surface area contributed by atoms with Crippen LogP contribution in [0.25, 0.3) is 0 Å². The van der Waals surface area contributed by atoms with E-state index in [1.165, 1.54) is 20.0 Å². The second-order valence-electron chi connectivity index (χ2n) is 5.13. The van der Waals surface area contributed by atoms with Crippen LogP contribution in [-0.2, 0) is 0 Å². The molecule has 1 aliphatic carbocycles. The number of likely N-dealkylation sites (tertiary alicyclic amines) is 1. The summed E-state index contributed by atoms with van der Waals surface area (Å²) in [6.45, 7) is 0.852. The Labute approximate surface area is 112 Å². The lowest BCUT2D eigenvalue weighted by Crippen LogP contribution is -2.39. The fraction of sp³-hybridized carbons (Fsp3) is 0.615. The van der Waals surface area contributed by atoms with Gasteiger partial charge in [0.1, 0.15) is 0 Å². The van der Waals surface area contributed by atoms with Gasteiger partial charge < -0.3 is 9.64 Å². The molecule has 2 fully saturated rings. The average Bonchev–Trinajstić information content (AvgIpc) is 3.01. The average molecular weight is 262 g/mol. The Morgan fingerprint density at radius 3 is 3.00 bits per heavy atom. The SMILES string of the molecule is COc1ccc(NC(=O)N2CCC3CCCC32)nn1. The monoisotopic (exact) mass is 262 g/mol. The Hall–Kier alpha value is -1.85. The van der Waals surface area contributed by atoms with E-state index in [4.69, 9.17) is 4.74 Å². The third kappa shape index (κ3) is 2.34. The molecule has 2 atom stereocenters. The number of methoxy groups -OCH3 is 1. The first-order chi connectivity index (χ1) is 9.28. The van der Waals surface area contributed by atoms with Crippen LogP contribution in [0, 0.1) is 5.92 Å². The van der Waals surface area contributed by atoms with Crippen molar-refractivity contribution in [2.75, 3.05) is 19.0 Å². The number of rotatable bonds is 2. The molecule has 1 aromatic rings. The van der Waals surface area contributed by atoms with Crippen LogP contribution in [0.2, 0.25) is 0 Å². The second kappa shape index (κ2) is 5.03. The Morgan fingerprint density at radius 1 is 1.37 bits per heavy atom. The van der Waals surface area contributed by atoms with Crippen LogP contribution in [0.15, 0.2) is 12.1 Å². The summed E-state index contributed by atoms with van der Waals surface area (Å²) < 4.78 is 4.93. The van der Waals surface area contributed by atoms with E-state index in [2.05, 4.69) is 15.5 Å². The lowest BCUT2D eigenvalue weighted by atomic mass is 10.1. The number of carbonyl (C=O) groups is 1. The van der Waals surface area contributed by atoms with E-state index >= 15 is 0 Å². The van der Waals surface area contributed by atoms with Crippen LogP contribution in [0.5, 0.6) is 5.88 Å². The maximum absolute atomic E-state index is 12.2. The Bertz CT molecular complexity index is 462. The fourth-order valence-electron chi connectivity index (χ4n) is 3.16. The first-order valence-electron chi connectivity index (χ1n) is 6.73. The fourth-order valence-corrected chi connectivity index (χ4v) is 3.16. The number of aromatic nitrogens is 2. The molecule has 1 saturated carbocycles. The van der Waals surface area contributed by atoms with Crippen molar-refractivity contribution in [2.24, 2.45) is 5.92 Å². The third-order valence-corrected chi connectivity index (χ3v) is 4.11. The van der Waals surface area contributed by atoms with Crippen molar-refractivity contribution in [3.63, 3.8) is 0 Å². The first kappa shape index (κ1) is 12.2. The number of ether oxygens (including phenoxy) is 1. The zero-order valence-corrected chi connectivity index (χ0v) is 11.0. The summed E-state index contributed by atoms with van der Waals surface area (Å²) >= 11 is 0. The molecule has 0 spiro atoms. The molecule has 6 nitrogen and oxygen atoms in total. The number of nitrogens with one attached hydrogen (secondary N) is 1. The largest absolute Gasteiger partial charge is 0.480 e. The number of nitrogens with zero attached hydrogens (tertiary/aromatic N) is 3. The molecule has 19 heavy (non-hydrogen) atoms. The molecule has 2 heterocycles. The lowest BCUT2D eigenvalue weighted by molar-refractivity contribution is 0.203. The van der Waals surface area contributed by atoms with Gasteiger partial charge in [0.15, 0.2) is 5.82 Å². The quantitative estimate of drug-likeness (QED) is 0.883. The smallest absolute Gasteiger partial charge is 0.323 e. The van der Waals surface area contributed by atoms with Gasteiger partial charge in [-0.2, -0.15) is 0 Å². The Balaban J connectivity index is 1.64. The Kier molecular flexibility index (Phi) is 3.23. The van der Waals surface area contributed by atoms with Crippen LogP contribution in [-0.4, -0.2) is 40.8 Å². The second-order valence-corrected chi connectivity index (χ2v) is 5.13. The summed E-state index contributed by atoms with van der Waals surface area (Å²) in [6, 6.07) is 3.75. The minimum absolute atomic E-state index is 0.0612. The van der Waals surface area contributed by atoms with E-state index in [9.17, 15) is 4.79 Å².